The minimum absolute atomic E-state index is 0.0227. The molecule has 12 heteroatoms. The van der Waals surface area contributed by atoms with Crippen LogP contribution in [0.4, 0.5) is 14.9 Å². The fraction of sp³-hybridized carbons (Fsp3) is 0.321. The number of likely N-dealkylation sites (N-methyl/N-ethyl adjacent to an activating group) is 1. The molecule has 0 N–H and O–H groups in total. The van der Waals surface area contributed by atoms with Crippen LogP contribution in [0.5, 0.6) is 5.75 Å². The molecule has 0 radical (unpaired) electrons. The number of pyridine rings is 1. The van der Waals surface area contributed by atoms with Crippen molar-refractivity contribution in [1.82, 2.24) is 9.88 Å². The van der Waals surface area contributed by atoms with E-state index in [1.165, 1.54) is 18.3 Å². The third-order valence-corrected chi connectivity index (χ3v) is 8.45. The highest BCUT2D eigenvalue weighted by Crippen LogP contribution is 2.38. The summed E-state index contributed by atoms with van der Waals surface area (Å²) in [5.74, 6) is -1.01. The van der Waals surface area contributed by atoms with Crippen LogP contribution in [0, 0.1) is 5.82 Å². The van der Waals surface area contributed by atoms with Crippen LogP contribution >= 0.6 is 0 Å². The van der Waals surface area contributed by atoms with Gasteiger partial charge in [0.25, 0.3) is 10.0 Å². The van der Waals surface area contributed by atoms with Crippen molar-refractivity contribution in [3.05, 3.63) is 65.1 Å². The summed E-state index contributed by atoms with van der Waals surface area (Å²) >= 11 is 0. The zero-order valence-electron chi connectivity index (χ0n) is 22.6. The van der Waals surface area contributed by atoms with Gasteiger partial charge in [0.2, 0.25) is 0 Å². The van der Waals surface area contributed by atoms with Gasteiger partial charge in [0.15, 0.2) is 0 Å². The third kappa shape index (κ3) is 5.36. The molecule has 2 aromatic carbocycles. The number of sulfonamides is 1. The maximum atomic E-state index is 14.3. The molecule has 40 heavy (non-hydrogen) atoms. The zero-order valence-corrected chi connectivity index (χ0v) is 23.5. The normalized spacial score (nSPS) is 12.9. The molecular formula is C28H30FN3O7S. The van der Waals surface area contributed by atoms with E-state index in [0.717, 1.165) is 51.1 Å². The quantitative estimate of drug-likeness (QED) is 0.344. The number of carbonyl (C=O) groups is 2. The summed E-state index contributed by atoms with van der Waals surface area (Å²) in [5.41, 5.74) is 0.392. The van der Waals surface area contributed by atoms with Crippen molar-refractivity contribution in [1.29, 1.82) is 0 Å². The van der Waals surface area contributed by atoms with E-state index in [9.17, 15) is 22.4 Å². The highest BCUT2D eigenvalue weighted by molar-refractivity contribution is 7.93. The second-order valence-corrected chi connectivity index (χ2v) is 10.6. The first-order chi connectivity index (χ1) is 19.2. The molecule has 1 aliphatic heterocycles. The Kier molecular flexibility index (Phi) is 8.70. The van der Waals surface area contributed by atoms with Gasteiger partial charge in [-0.25, -0.2) is 22.4 Å². The Balaban J connectivity index is 1.93. The number of anilines is 1. The summed E-state index contributed by atoms with van der Waals surface area (Å²) in [4.78, 5) is 32.2. The lowest BCUT2D eigenvalue weighted by Crippen LogP contribution is -2.38. The SMILES string of the molecule is CCN(CC)C/C=C\c1cc(F)ccc1S(=O)(=O)N(C(=O)OC)c1ccc2c3c(cnc2c1C(=O)OC)OCC3. The summed E-state index contributed by atoms with van der Waals surface area (Å²) < 4.78 is 58.3. The standard InChI is InChI=1S/C28H30FN3O7S/c1-5-31(6-2)14-7-8-18-16-19(29)9-12-24(18)40(35,36)32(28(34)38-4)22-11-10-21-20-13-15-39-23(20)17-30-26(21)25(22)27(33)37-3/h7-12,16-17H,5-6,13-15H2,1-4H3/b8-7-. The van der Waals surface area contributed by atoms with E-state index < -0.39 is 27.9 Å². The van der Waals surface area contributed by atoms with Gasteiger partial charge in [0, 0.05) is 23.9 Å². The molecule has 1 amide bonds. The fourth-order valence-corrected chi connectivity index (χ4v) is 6.16. The molecule has 0 spiro atoms. The number of halogens is 1. The van der Waals surface area contributed by atoms with Gasteiger partial charge in [0.05, 0.1) is 43.1 Å². The number of rotatable bonds is 9. The first-order valence-electron chi connectivity index (χ1n) is 12.6. The van der Waals surface area contributed by atoms with Crippen molar-refractivity contribution in [2.24, 2.45) is 0 Å². The molecule has 0 aliphatic carbocycles. The van der Waals surface area contributed by atoms with Crippen molar-refractivity contribution in [2.45, 2.75) is 25.2 Å². The minimum atomic E-state index is -4.75. The van der Waals surface area contributed by atoms with Crippen LogP contribution in [0.1, 0.15) is 35.3 Å². The summed E-state index contributed by atoms with van der Waals surface area (Å²) in [5, 5.41) is 0.558. The number of hydrogen-bond donors (Lipinski definition) is 0. The maximum Gasteiger partial charge on any atom is 0.428 e. The molecule has 2 heterocycles. The van der Waals surface area contributed by atoms with Crippen LogP contribution in [0.15, 0.2) is 47.5 Å². The highest BCUT2D eigenvalue weighted by Gasteiger charge is 2.37. The van der Waals surface area contributed by atoms with E-state index in [-0.39, 0.29) is 27.2 Å². The Morgan fingerprint density at radius 3 is 2.55 bits per heavy atom. The van der Waals surface area contributed by atoms with Crippen molar-refractivity contribution in [3.8, 4) is 5.75 Å². The second kappa shape index (κ2) is 12.0. The van der Waals surface area contributed by atoms with Gasteiger partial charge in [-0.3, -0.25) is 4.98 Å². The van der Waals surface area contributed by atoms with E-state index in [1.807, 2.05) is 13.8 Å². The van der Waals surface area contributed by atoms with Gasteiger partial charge < -0.3 is 19.1 Å². The predicted octanol–water partition coefficient (Wildman–Crippen LogP) is 4.41. The molecule has 3 aromatic rings. The Hall–Kier alpha value is -4.03. The van der Waals surface area contributed by atoms with Crippen molar-refractivity contribution in [2.75, 3.05) is 44.8 Å². The Labute approximate surface area is 232 Å². The van der Waals surface area contributed by atoms with Crippen LogP contribution in [0.25, 0.3) is 17.0 Å². The summed E-state index contributed by atoms with van der Waals surface area (Å²) in [7, 11) is -2.60. The lowest BCUT2D eigenvalue weighted by molar-refractivity contribution is 0.0603. The number of methoxy groups -OCH3 is 2. The second-order valence-electron chi connectivity index (χ2n) is 8.86. The summed E-state index contributed by atoms with van der Waals surface area (Å²) in [6.45, 7) is 6.45. The molecule has 4 rings (SSSR count). The van der Waals surface area contributed by atoms with Crippen LogP contribution < -0.4 is 9.04 Å². The van der Waals surface area contributed by atoms with Gasteiger partial charge >= 0.3 is 12.1 Å². The largest absolute Gasteiger partial charge is 0.491 e. The lowest BCUT2D eigenvalue weighted by atomic mass is 10.0. The summed E-state index contributed by atoms with van der Waals surface area (Å²) in [6.07, 6.45) is 3.92. The lowest BCUT2D eigenvalue weighted by Gasteiger charge is -2.24. The number of carbonyl (C=O) groups excluding carboxylic acids is 2. The number of aromatic nitrogens is 1. The first kappa shape index (κ1) is 29.0. The van der Waals surface area contributed by atoms with Crippen LogP contribution in [-0.4, -0.2) is 70.8 Å². The number of benzene rings is 2. The number of nitrogens with zero attached hydrogens (tertiary/aromatic N) is 3. The number of ether oxygens (including phenoxy) is 3. The number of esters is 1. The van der Waals surface area contributed by atoms with E-state index in [2.05, 4.69) is 9.88 Å². The van der Waals surface area contributed by atoms with Gasteiger partial charge in [-0.15, -0.1) is 0 Å². The molecule has 0 saturated carbocycles. The molecule has 10 nitrogen and oxygen atoms in total. The minimum Gasteiger partial charge on any atom is -0.491 e. The molecule has 0 saturated heterocycles. The van der Waals surface area contributed by atoms with E-state index in [1.54, 1.807) is 12.1 Å². The monoisotopic (exact) mass is 571 g/mol. The molecular weight excluding hydrogens is 541 g/mol. The first-order valence-corrected chi connectivity index (χ1v) is 14.1. The van der Waals surface area contributed by atoms with E-state index in [0.29, 0.717) is 35.0 Å². The molecule has 0 atom stereocenters. The van der Waals surface area contributed by atoms with Gasteiger partial charge in [0.1, 0.15) is 17.1 Å². The van der Waals surface area contributed by atoms with Crippen LogP contribution in [-0.2, 0) is 25.9 Å². The fourth-order valence-electron chi connectivity index (χ4n) is 4.61. The van der Waals surface area contributed by atoms with Gasteiger partial charge in [-0.1, -0.05) is 32.1 Å². The van der Waals surface area contributed by atoms with Crippen molar-refractivity contribution < 1.29 is 36.6 Å². The Bertz CT molecular complexity index is 1590. The van der Waals surface area contributed by atoms with E-state index >= 15 is 0 Å². The maximum absolute atomic E-state index is 14.3. The van der Waals surface area contributed by atoms with Crippen molar-refractivity contribution >= 4 is 44.8 Å². The topological polar surface area (TPSA) is 115 Å². The van der Waals surface area contributed by atoms with Gasteiger partial charge in [-0.2, -0.15) is 4.31 Å². The molecule has 0 bridgehead atoms. The average molecular weight is 572 g/mol. The molecule has 212 valence electrons. The predicted molar refractivity (Wildman–Crippen MR) is 148 cm³/mol. The third-order valence-electron chi connectivity index (χ3n) is 6.69. The zero-order chi connectivity index (χ0) is 29.0. The van der Waals surface area contributed by atoms with E-state index in [4.69, 9.17) is 14.2 Å². The average Bonchev–Trinajstić information content (AvgIpc) is 3.44. The number of fused-ring (bicyclic) bond motifs is 3. The highest BCUT2D eigenvalue weighted by atomic mass is 32.2. The smallest absolute Gasteiger partial charge is 0.428 e. The van der Waals surface area contributed by atoms with Crippen LogP contribution in [0.3, 0.4) is 0 Å². The Morgan fingerprint density at radius 2 is 1.88 bits per heavy atom. The molecule has 0 unspecified atom stereocenters. The molecule has 1 aliphatic rings. The van der Waals surface area contributed by atoms with Crippen molar-refractivity contribution in [3.63, 3.8) is 0 Å². The Morgan fingerprint density at radius 1 is 1.12 bits per heavy atom. The van der Waals surface area contributed by atoms with Gasteiger partial charge in [-0.05, 0) is 42.9 Å². The number of hydrogen-bond acceptors (Lipinski definition) is 9. The number of amides is 1. The summed E-state index contributed by atoms with van der Waals surface area (Å²) in [6, 6.07) is 6.00. The van der Waals surface area contributed by atoms with Crippen LogP contribution in [0.2, 0.25) is 0 Å². The molecule has 0 fully saturated rings. The molecule has 1 aromatic heterocycles.